The fourth-order valence-corrected chi connectivity index (χ4v) is 0. The van der Waals surface area contributed by atoms with Crippen molar-refractivity contribution in [3.05, 3.63) is 0 Å². The summed E-state index contributed by atoms with van der Waals surface area (Å²) in [4.78, 5) is 0. The third-order valence-corrected chi connectivity index (χ3v) is 0. The second kappa shape index (κ2) is 47.0. The third-order valence-electron chi connectivity index (χ3n) is 0. The van der Waals surface area contributed by atoms with Gasteiger partial charge in [-0.1, -0.05) is 0 Å². The summed E-state index contributed by atoms with van der Waals surface area (Å²) in [6.45, 7) is 0. The summed E-state index contributed by atoms with van der Waals surface area (Å²) in [5.41, 5.74) is 0. The first-order valence-electron chi connectivity index (χ1n) is 0. The average molecular weight is 309 g/mol. The first-order chi connectivity index (χ1) is 0. The molecule has 0 aliphatic carbocycles. The van der Waals surface area contributed by atoms with Crippen LogP contribution in [0.25, 0.3) is 0 Å². The summed E-state index contributed by atoms with van der Waals surface area (Å²) in [7, 11) is 0. The second-order valence-corrected chi connectivity index (χ2v) is 0. The molecule has 6 heavy (non-hydrogen) atoms. The second-order valence-electron chi connectivity index (χ2n) is 0. The minimum atomic E-state index is 0. The van der Waals surface area contributed by atoms with Crippen molar-refractivity contribution in [3.63, 3.8) is 0 Å². The summed E-state index contributed by atoms with van der Waals surface area (Å²) in [5, 5.41) is 0. The van der Waals surface area contributed by atoms with Crippen molar-refractivity contribution in [3.8, 4) is 0 Å². The molecule has 0 saturated carbocycles. The molecule has 0 atom stereocenters. The van der Waals surface area contributed by atoms with Gasteiger partial charge in [-0.05, 0) is 0 Å². The van der Waals surface area contributed by atoms with Crippen molar-refractivity contribution in [1.82, 2.24) is 0 Å². The van der Waals surface area contributed by atoms with E-state index in [4.69, 9.17) is 0 Å². The van der Waals surface area contributed by atoms with Gasteiger partial charge in [0.1, 0.15) is 0 Å². The maximum absolute atomic E-state index is 0. The molecule has 0 aromatic rings. The zero-order valence-corrected chi connectivity index (χ0v) is 10.3. The van der Waals surface area contributed by atoms with Crippen LogP contribution in [-0.4, -0.2) is 5.48 Å². The van der Waals surface area contributed by atoms with Crippen LogP contribution < -0.4 is 0 Å². The predicted molar refractivity (Wildman–Crippen MR) is 3.61 cm³/mol. The number of hydrogen-bond donors (Lipinski definition) is 0. The molecular formula is H2CuFeMnOVZn. The molecule has 0 saturated heterocycles. The zero-order chi connectivity index (χ0) is 0. The molecular weight excluding hydrogens is 307 g/mol. The maximum atomic E-state index is 0. The molecule has 6 heteroatoms. The fraction of sp³-hybridized carbons (Fsp3) is 0. The van der Waals surface area contributed by atoms with Gasteiger partial charge in [0.2, 0.25) is 0 Å². The quantitative estimate of drug-likeness (QED) is 0.523. The minimum Gasteiger partial charge on any atom is -0.412 e. The standard InChI is InChI=1S/Cu.Fe.Mn.H2O.V.Zn/h;;;1H2;;. The maximum Gasteiger partial charge on any atom is 0 e. The van der Waals surface area contributed by atoms with Crippen LogP contribution in [0, 0.1) is 0 Å². The Morgan fingerprint density at radius 1 is 1.00 bits per heavy atom. The van der Waals surface area contributed by atoms with Crippen molar-refractivity contribution >= 4 is 0 Å². The van der Waals surface area contributed by atoms with Crippen LogP contribution in [0.2, 0.25) is 0 Å². The Balaban J connectivity index is 0. The van der Waals surface area contributed by atoms with E-state index in [1.165, 1.54) is 0 Å². The average Bonchev–Trinajstić information content (AvgIpc) is 0. The Bertz CT molecular complexity index is 15.5. The molecule has 0 aliphatic rings. The van der Waals surface area contributed by atoms with Crippen LogP contribution in [0.5, 0.6) is 0 Å². The van der Waals surface area contributed by atoms with E-state index in [9.17, 15) is 0 Å². The van der Waals surface area contributed by atoms with Crippen LogP contribution in [0.1, 0.15) is 0 Å². The van der Waals surface area contributed by atoms with Gasteiger partial charge in [0.05, 0.1) is 0 Å². The summed E-state index contributed by atoms with van der Waals surface area (Å²) >= 11 is 0. The Labute approximate surface area is 93.5 Å². The predicted octanol–water partition coefficient (Wildman–Crippen LogP) is -0.837. The van der Waals surface area contributed by atoms with Gasteiger partial charge in [-0.15, -0.1) is 0 Å². The molecule has 0 heterocycles. The first-order valence-corrected chi connectivity index (χ1v) is 0. The van der Waals surface area contributed by atoms with E-state index in [2.05, 4.69) is 0 Å². The van der Waals surface area contributed by atoms with E-state index in [1.807, 2.05) is 0 Å². The van der Waals surface area contributed by atoms with E-state index in [0.29, 0.717) is 0 Å². The summed E-state index contributed by atoms with van der Waals surface area (Å²) in [6, 6.07) is 0. The van der Waals surface area contributed by atoms with Crippen molar-refractivity contribution in [2.24, 2.45) is 0 Å². The van der Waals surface area contributed by atoms with E-state index >= 15 is 0 Å². The molecule has 2 N–H and O–H groups in total. The molecule has 0 spiro atoms. The van der Waals surface area contributed by atoms with Gasteiger partial charge >= 0.3 is 0 Å². The molecule has 0 aromatic carbocycles. The SMILES string of the molecule is O.[Cu].[Fe].[Mn].[V].[Zn]. The number of hydrogen-bond acceptors (Lipinski definition) is 0. The van der Waals surface area contributed by atoms with Gasteiger partial charge in [-0.25, -0.2) is 0 Å². The fourth-order valence-electron chi connectivity index (χ4n) is 0. The van der Waals surface area contributed by atoms with Crippen molar-refractivity contribution in [2.75, 3.05) is 0 Å². The van der Waals surface area contributed by atoms with Crippen molar-refractivity contribution in [2.45, 2.75) is 0 Å². The molecule has 0 amide bonds. The molecule has 0 fully saturated rings. The van der Waals surface area contributed by atoms with Gasteiger partial charge in [0.15, 0.2) is 0 Å². The van der Waals surface area contributed by atoms with Crippen LogP contribution in [0.4, 0.5) is 0 Å². The van der Waals surface area contributed by atoms with Gasteiger partial charge in [-0.2, -0.15) is 0 Å². The largest absolute Gasteiger partial charge is 0.412 e. The summed E-state index contributed by atoms with van der Waals surface area (Å²) < 4.78 is 0. The molecule has 0 aliphatic heterocycles. The summed E-state index contributed by atoms with van der Waals surface area (Å²) in [6.07, 6.45) is 0. The Morgan fingerprint density at radius 3 is 1.00 bits per heavy atom. The Hall–Kier alpha value is 2.73. The summed E-state index contributed by atoms with van der Waals surface area (Å²) in [5.74, 6) is 0. The van der Waals surface area contributed by atoms with Crippen molar-refractivity contribution < 1.29 is 94.7 Å². The Kier molecular flexibility index (Phi) is 549. The molecule has 0 aromatic heterocycles. The molecule has 0 unspecified atom stereocenters. The van der Waals surface area contributed by atoms with E-state index < -0.39 is 0 Å². The van der Waals surface area contributed by atoms with E-state index in [0.717, 1.165) is 0 Å². The van der Waals surface area contributed by atoms with Crippen LogP contribution in [0.3, 0.4) is 0 Å². The van der Waals surface area contributed by atoms with Crippen LogP contribution in [-0.2, 0) is 89.2 Å². The molecule has 3 radical (unpaired) electrons. The molecule has 41 valence electrons. The number of rotatable bonds is 0. The van der Waals surface area contributed by atoms with E-state index in [-0.39, 0.29) is 94.7 Å². The van der Waals surface area contributed by atoms with Crippen molar-refractivity contribution in [1.29, 1.82) is 0 Å². The molecule has 1 nitrogen and oxygen atoms in total. The van der Waals surface area contributed by atoms with E-state index in [1.54, 1.807) is 0 Å². The van der Waals surface area contributed by atoms with Gasteiger partial charge in [-0.3, -0.25) is 0 Å². The third kappa shape index (κ3) is 29.7. The minimum absolute atomic E-state index is 0. The smallest absolute Gasteiger partial charge is 0 e. The van der Waals surface area contributed by atoms with Crippen LogP contribution in [0.15, 0.2) is 0 Å². The topological polar surface area (TPSA) is 31.5 Å². The monoisotopic (exact) mass is 307 g/mol. The van der Waals surface area contributed by atoms with Gasteiger partial charge < -0.3 is 5.48 Å². The van der Waals surface area contributed by atoms with Gasteiger partial charge in [0.25, 0.3) is 0 Å². The van der Waals surface area contributed by atoms with Crippen LogP contribution >= 0.6 is 0 Å². The Morgan fingerprint density at radius 2 is 1.00 bits per heavy atom. The normalized spacial score (nSPS) is 0. The van der Waals surface area contributed by atoms with Gasteiger partial charge in [0, 0.05) is 89.2 Å². The zero-order valence-electron chi connectivity index (χ0n) is 2.69. The molecule has 0 rings (SSSR count). The first kappa shape index (κ1) is 70.1. The molecule has 0 bridgehead atoms.